The van der Waals surface area contributed by atoms with Crippen LogP contribution in [0.3, 0.4) is 0 Å². The number of benzene rings is 1. The van der Waals surface area contributed by atoms with E-state index in [1.54, 1.807) is 13.2 Å². The highest BCUT2D eigenvalue weighted by Gasteiger charge is 2.03. The smallest absolute Gasteiger partial charge is 0.119 e. The molecule has 1 rings (SSSR count). The first-order valence-electron chi connectivity index (χ1n) is 3.28. The molecule has 0 heterocycles. The Hall–Kier alpha value is -0.610. The fourth-order valence-corrected chi connectivity index (χ4v) is 1.58. The molecule has 0 aliphatic rings. The third-order valence-corrected chi connectivity index (χ3v) is 2.35. The molecule has 0 amide bonds. The highest BCUT2D eigenvalue weighted by atomic mass is 79.9. The molecule has 4 heteroatoms. The minimum absolute atomic E-state index is 0.362. The van der Waals surface area contributed by atoms with Crippen LogP contribution in [0.25, 0.3) is 0 Å². The standard InChI is InChI=1S/C8H8BrNOS/c1-11-5-2-3-7(9)6(4-5)8(10)12/h2-4H,1H3,(H2,10,12). The summed E-state index contributed by atoms with van der Waals surface area (Å²) in [4.78, 5) is 0.362. The second kappa shape index (κ2) is 3.87. The molecular weight excluding hydrogens is 238 g/mol. The Morgan fingerprint density at radius 2 is 2.25 bits per heavy atom. The lowest BCUT2D eigenvalue weighted by Gasteiger charge is -2.04. The quantitative estimate of drug-likeness (QED) is 0.811. The van der Waals surface area contributed by atoms with Gasteiger partial charge in [0.25, 0.3) is 0 Å². The second-order valence-electron chi connectivity index (χ2n) is 2.21. The van der Waals surface area contributed by atoms with Gasteiger partial charge in [0, 0.05) is 10.0 Å². The minimum atomic E-state index is 0.362. The highest BCUT2D eigenvalue weighted by Crippen LogP contribution is 2.21. The predicted molar refractivity (Wildman–Crippen MR) is 56.6 cm³/mol. The van der Waals surface area contributed by atoms with E-state index in [4.69, 9.17) is 22.7 Å². The molecule has 2 nitrogen and oxygen atoms in total. The summed E-state index contributed by atoms with van der Waals surface area (Å²) in [5.74, 6) is 0.751. The lowest BCUT2D eigenvalue weighted by Crippen LogP contribution is -2.10. The van der Waals surface area contributed by atoms with Gasteiger partial charge < -0.3 is 10.5 Å². The van der Waals surface area contributed by atoms with E-state index in [0.717, 1.165) is 15.8 Å². The Bertz CT molecular complexity index is 314. The van der Waals surface area contributed by atoms with Crippen LogP contribution >= 0.6 is 28.1 Å². The monoisotopic (exact) mass is 245 g/mol. The van der Waals surface area contributed by atoms with E-state index in [1.165, 1.54) is 0 Å². The fourth-order valence-electron chi connectivity index (χ4n) is 0.820. The number of thiocarbonyl (C=S) groups is 1. The van der Waals surface area contributed by atoms with Crippen molar-refractivity contribution >= 4 is 33.1 Å². The molecule has 1 aromatic carbocycles. The van der Waals surface area contributed by atoms with Gasteiger partial charge in [0.15, 0.2) is 0 Å². The van der Waals surface area contributed by atoms with E-state index in [1.807, 2.05) is 12.1 Å². The highest BCUT2D eigenvalue weighted by molar-refractivity contribution is 9.10. The van der Waals surface area contributed by atoms with Gasteiger partial charge in [0.2, 0.25) is 0 Å². The van der Waals surface area contributed by atoms with Gasteiger partial charge in [-0.2, -0.15) is 0 Å². The normalized spacial score (nSPS) is 9.50. The van der Waals surface area contributed by atoms with Crippen molar-refractivity contribution in [2.45, 2.75) is 0 Å². The van der Waals surface area contributed by atoms with Crippen LogP contribution in [0.5, 0.6) is 5.75 Å². The minimum Gasteiger partial charge on any atom is -0.497 e. The van der Waals surface area contributed by atoms with Crippen molar-refractivity contribution in [3.05, 3.63) is 28.2 Å². The van der Waals surface area contributed by atoms with Crippen molar-refractivity contribution in [1.82, 2.24) is 0 Å². The number of methoxy groups -OCH3 is 1. The van der Waals surface area contributed by atoms with Gasteiger partial charge in [-0.3, -0.25) is 0 Å². The summed E-state index contributed by atoms with van der Waals surface area (Å²) in [6, 6.07) is 5.49. The number of nitrogens with two attached hydrogens (primary N) is 1. The van der Waals surface area contributed by atoms with Gasteiger partial charge >= 0.3 is 0 Å². The zero-order chi connectivity index (χ0) is 9.14. The average molecular weight is 246 g/mol. The molecule has 0 saturated carbocycles. The van der Waals surface area contributed by atoms with Gasteiger partial charge in [-0.05, 0) is 18.2 Å². The summed E-state index contributed by atoms with van der Waals surface area (Å²) < 4.78 is 5.91. The molecule has 12 heavy (non-hydrogen) atoms. The van der Waals surface area contributed by atoms with Crippen LogP contribution in [-0.4, -0.2) is 12.1 Å². The van der Waals surface area contributed by atoms with Crippen LogP contribution in [0.1, 0.15) is 5.56 Å². The Labute approximate surface area is 84.8 Å². The largest absolute Gasteiger partial charge is 0.497 e. The lowest BCUT2D eigenvalue weighted by atomic mass is 10.2. The zero-order valence-corrected chi connectivity index (χ0v) is 8.91. The van der Waals surface area contributed by atoms with Crippen molar-refractivity contribution < 1.29 is 4.74 Å². The Kier molecular flexibility index (Phi) is 3.05. The molecule has 0 radical (unpaired) electrons. The molecule has 0 saturated heterocycles. The van der Waals surface area contributed by atoms with E-state index >= 15 is 0 Å². The van der Waals surface area contributed by atoms with Gasteiger partial charge in [-0.1, -0.05) is 28.1 Å². The predicted octanol–water partition coefficient (Wildman–Crippen LogP) is 2.09. The van der Waals surface area contributed by atoms with Gasteiger partial charge in [0.05, 0.1) is 7.11 Å². The first kappa shape index (κ1) is 9.48. The van der Waals surface area contributed by atoms with Crippen LogP contribution in [0.15, 0.2) is 22.7 Å². The summed E-state index contributed by atoms with van der Waals surface area (Å²) in [5, 5.41) is 0. The number of hydrogen-bond acceptors (Lipinski definition) is 2. The van der Waals surface area contributed by atoms with Crippen molar-refractivity contribution in [3.8, 4) is 5.75 Å². The van der Waals surface area contributed by atoms with Gasteiger partial charge in [0.1, 0.15) is 10.7 Å². The molecule has 2 N–H and O–H groups in total. The zero-order valence-electron chi connectivity index (χ0n) is 6.50. The van der Waals surface area contributed by atoms with E-state index in [9.17, 15) is 0 Å². The summed E-state index contributed by atoms with van der Waals surface area (Å²) in [6.45, 7) is 0. The first-order chi connectivity index (χ1) is 5.65. The summed E-state index contributed by atoms with van der Waals surface area (Å²) in [6.07, 6.45) is 0. The molecular formula is C8H8BrNOS. The van der Waals surface area contributed by atoms with Crippen molar-refractivity contribution in [2.75, 3.05) is 7.11 Å². The Balaban J connectivity index is 3.17. The lowest BCUT2D eigenvalue weighted by molar-refractivity contribution is 0.414. The molecule has 0 fully saturated rings. The summed E-state index contributed by atoms with van der Waals surface area (Å²) >= 11 is 8.19. The molecule has 0 aliphatic heterocycles. The molecule has 0 unspecified atom stereocenters. The average Bonchev–Trinajstić information content (AvgIpc) is 2.05. The molecule has 0 aliphatic carbocycles. The molecule has 0 aromatic heterocycles. The molecule has 0 bridgehead atoms. The first-order valence-corrected chi connectivity index (χ1v) is 4.48. The summed E-state index contributed by atoms with van der Waals surface area (Å²) in [7, 11) is 1.60. The molecule has 1 aromatic rings. The van der Waals surface area contributed by atoms with E-state index in [0.29, 0.717) is 4.99 Å². The Morgan fingerprint density at radius 3 is 2.75 bits per heavy atom. The van der Waals surface area contributed by atoms with E-state index in [-0.39, 0.29) is 0 Å². The number of rotatable bonds is 2. The topological polar surface area (TPSA) is 35.2 Å². The maximum Gasteiger partial charge on any atom is 0.119 e. The number of halogens is 1. The Morgan fingerprint density at radius 1 is 1.58 bits per heavy atom. The number of hydrogen-bond donors (Lipinski definition) is 1. The van der Waals surface area contributed by atoms with Crippen LogP contribution < -0.4 is 10.5 Å². The van der Waals surface area contributed by atoms with Crippen molar-refractivity contribution in [1.29, 1.82) is 0 Å². The van der Waals surface area contributed by atoms with Gasteiger partial charge in [-0.25, -0.2) is 0 Å². The van der Waals surface area contributed by atoms with Crippen molar-refractivity contribution in [3.63, 3.8) is 0 Å². The molecule has 0 atom stereocenters. The van der Waals surface area contributed by atoms with Crippen LogP contribution in [-0.2, 0) is 0 Å². The summed E-state index contributed by atoms with van der Waals surface area (Å²) in [5.41, 5.74) is 6.28. The van der Waals surface area contributed by atoms with Crippen LogP contribution in [0, 0.1) is 0 Å². The van der Waals surface area contributed by atoms with E-state index < -0.39 is 0 Å². The number of ether oxygens (including phenoxy) is 1. The van der Waals surface area contributed by atoms with E-state index in [2.05, 4.69) is 15.9 Å². The maximum absolute atomic E-state index is 5.48. The second-order valence-corrected chi connectivity index (χ2v) is 3.50. The molecule has 64 valence electrons. The van der Waals surface area contributed by atoms with Crippen LogP contribution in [0.2, 0.25) is 0 Å². The third-order valence-electron chi connectivity index (χ3n) is 1.44. The maximum atomic E-state index is 5.48. The third kappa shape index (κ3) is 1.95. The van der Waals surface area contributed by atoms with Crippen LogP contribution in [0.4, 0.5) is 0 Å². The fraction of sp³-hybridized carbons (Fsp3) is 0.125. The molecule has 0 spiro atoms. The SMILES string of the molecule is COc1ccc(Br)c(C(N)=S)c1. The van der Waals surface area contributed by atoms with Gasteiger partial charge in [-0.15, -0.1) is 0 Å². The van der Waals surface area contributed by atoms with Crippen molar-refractivity contribution in [2.24, 2.45) is 5.73 Å².